The number of hydrazone groups is 1. The minimum Gasteiger partial charge on any atom is -0.313 e. The summed E-state index contributed by atoms with van der Waals surface area (Å²) in [4.78, 5) is 33.7. The lowest BCUT2D eigenvalue weighted by Gasteiger charge is -2.01. The van der Waals surface area contributed by atoms with Crippen molar-refractivity contribution in [3.63, 3.8) is 0 Å². The molecule has 0 unspecified atom stereocenters. The number of nitrogens with one attached hydrogen (secondary N) is 4. The minimum atomic E-state index is -0.224. The predicted octanol–water partition coefficient (Wildman–Crippen LogP) is 0.413. The summed E-state index contributed by atoms with van der Waals surface area (Å²) in [6.07, 6.45) is 4.41. The number of nitrogens with zero attached hydrogens (tertiary/aromatic N) is 3. The van der Waals surface area contributed by atoms with Crippen LogP contribution in [-0.4, -0.2) is 25.6 Å². The summed E-state index contributed by atoms with van der Waals surface area (Å²) in [7, 11) is 0. The van der Waals surface area contributed by atoms with E-state index in [1.54, 1.807) is 0 Å². The van der Waals surface area contributed by atoms with Crippen molar-refractivity contribution in [1.82, 2.24) is 19.9 Å². The molecule has 2 aromatic rings. The SMILES string of the molecule is CCC(CC)=NNc1cc(=O)[nH]cn1.NNc1cc(=O)[nH]cn1. The highest BCUT2D eigenvalue weighted by Crippen LogP contribution is 1.97. The van der Waals surface area contributed by atoms with Gasteiger partial charge >= 0.3 is 0 Å². The van der Waals surface area contributed by atoms with Crippen molar-refractivity contribution in [3.8, 4) is 0 Å². The molecule has 0 amide bonds. The molecule has 0 aromatic carbocycles. The Kier molecular flexibility index (Phi) is 7.72. The van der Waals surface area contributed by atoms with Gasteiger partial charge < -0.3 is 15.4 Å². The van der Waals surface area contributed by atoms with Gasteiger partial charge in [0, 0.05) is 17.8 Å². The zero-order valence-electron chi connectivity index (χ0n) is 13.0. The van der Waals surface area contributed by atoms with Gasteiger partial charge in [-0.3, -0.25) is 15.0 Å². The fraction of sp³-hybridized carbons (Fsp3) is 0.308. The molecule has 2 rings (SSSR count). The maximum atomic E-state index is 10.9. The Morgan fingerprint density at radius 3 is 2.04 bits per heavy atom. The molecular formula is C13H20N8O2. The molecule has 0 aliphatic carbocycles. The Morgan fingerprint density at radius 1 is 1.09 bits per heavy atom. The van der Waals surface area contributed by atoms with Crippen molar-refractivity contribution in [1.29, 1.82) is 0 Å². The molecule has 0 spiro atoms. The Labute approximate surface area is 132 Å². The lowest BCUT2D eigenvalue weighted by Crippen LogP contribution is -2.13. The van der Waals surface area contributed by atoms with Gasteiger partial charge in [-0.2, -0.15) is 5.10 Å². The van der Waals surface area contributed by atoms with E-state index in [0.717, 1.165) is 18.6 Å². The highest BCUT2D eigenvalue weighted by molar-refractivity contribution is 5.84. The van der Waals surface area contributed by atoms with Crippen LogP contribution in [0.1, 0.15) is 26.7 Å². The standard InChI is InChI=1S/C9H14N4O.C4H6N4O/c1-3-7(4-2)12-13-8-5-9(14)11-6-10-8;5-8-3-1-4(9)7-2-6-3/h5-6H,3-4H2,1-2H3,(H2,10,11,13,14);1-2H,5H2,(H2,6,7,8,9). The van der Waals surface area contributed by atoms with Crippen LogP contribution in [0.3, 0.4) is 0 Å². The molecule has 0 atom stereocenters. The van der Waals surface area contributed by atoms with Crippen molar-refractivity contribution in [2.45, 2.75) is 26.7 Å². The molecule has 0 saturated carbocycles. The third-order valence-electron chi connectivity index (χ3n) is 2.65. The molecule has 10 nitrogen and oxygen atoms in total. The van der Waals surface area contributed by atoms with Crippen LogP contribution in [0.5, 0.6) is 0 Å². The number of nitrogen functional groups attached to an aromatic ring is 1. The highest BCUT2D eigenvalue weighted by atomic mass is 16.1. The van der Waals surface area contributed by atoms with Crippen LogP contribution in [0.4, 0.5) is 11.6 Å². The predicted molar refractivity (Wildman–Crippen MR) is 89.2 cm³/mol. The quantitative estimate of drug-likeness (QED) is 0.304. The number of hydrogen-bond donors (Lipinski definition) is 5. The van der Waals surface area contributed by atoms with Gasteiger partial charge in [-0.15, -0.1) is 0 Å². The van der Waals surface area contributed by atoms with Gasteiger partial charge in [-0.05, 0) is 12.8 Å². The summed E-state index contributed by atoms with van der Waals surface area (Å²) in [6, 6.07) is 2.63. The monoisotopic (exact) mass is 320 g/mol. The van der Waals surface area contributed by atoms with Crippen LogP contribution in [0, 0.1) is 0 Å². The molecule has 0 fully saturated rings. The van der Waals surface area contributed by atoms with E-state index in [1.807, 2.05) is 13.8 Å². The van der Waals surface area contributed by atoms with Gasteiger partial charge in [0.15, 0.2) is 5.82 Å². The largest absolute Gasteiger partial charge is 0.313 e. The lowest BCUT2D eigenvalue weighted by atomic mass is 10.2. The van der Waals surface area contributed by atoms with E-state index in [-0.39, 0.29) is 11.1 Å². The second kappa shape index (κ2) is 9.84. The van der Waals surface area contributed by atoms with Gasteiger partial charge in [0.25, 0.3) is 11.1 Å². The number of hydrogen-bond acceptors (Lipinski definition) is 8. The third kappa shape index (κ3) is 7.00. The van der Waals surface area contributed by atoms with Gasteiger partial charge in [-0.25, -0.2) is 15.8 Å². The first-order chi connectivity index (χ1) is 11.1. The Bertz CT molecular complexity index is 731. The van der Waals surface area contributed by atoms with Crippen molar-refractivity contribution < 1.29 is 0 Å². The number of aromatic nitrogens is 4. The average Bonchev–Trinajstić information content (AvgIpc) is 2.56. The van der Waals surface area contributed by atoms with E-state index in [0.29, 0.717) is 11.6 Å². The highest BCUT2D eigenvalue weighted by Gasteiger charge is 1.94. The first-order valence-corrected chi connectivity index (χ1v) is 6.96. The molecule has 0 saturated heterocycles. The lowest BCUT2D eigenvalue weighted by molar-refractivity contribution is 1.08. The van der Waals surface area contributed by atoms with E-state index in [1.165, 1.54) is 24.8 Å². The smallest absolute Gasteiger partial charge is 0.252 e. The van der Waals surface area contributed by atoms with E-state index in [2.05, 4.69) is 35.9 Å². The molecule has 124 valence electrons. The zero-order chi connectivity index (χ0) is 17.1. The molecule has 0 aliphatic heterocycles. The first kappa shape index (κ1) is 18.0. The molecular weight excluding hydrogens is 300 g/mol. The zero-order valence-corrected chi connectivity index (χ0v) is 13.0. The topological polar surface area (TPSA) is 154 Å². The van der Waals surface area contributed by atoms with Crippen LogP contribution >= 0.6 is 0 Å². The summed E-state index contributed by atoms with van der Waals surface area (Å²) in [6.45, 7) is 4.07. The summed E-state index contributed by atoms with van der Waals surface area (Å²) < 4.78 is 0. The second-order valence-electron chi connectivity index (χ2n) is 4.23. The maximum Gasteiger partial charge on any atom is 0.252 e. The molecule has 2 aromatic heterocycles. The number of hydrazine groups is 1. The molecule has 2 heterocycles. The summed E-state index contributed by atoms with van der Waals surface area (Å²) in [5, 5.41) is 4.12. The van der Waals surface area contributed by atoms with E-state index >= 15 is 0 Å². The molecule has 23 heavy (non-hydrogen) atoms. The first-order valence-electron chi connectivity index (χ1n) is 6.96. The van der Waals surface area contributed by atoms with Gasteiger partial charge in [0.1, 0.15) is 5.82 Å². The molecule has 6 N–H and O–H groups in total. The number of H-pyrrole nitrogens is 2. The Hall–Kier alpha value is -3.01. The van der Waals surface area contributed by atoms with Crippen LogP contribution in [0.2, 0.25) is 0 Å². The van der Waals surface area contributed by atoms with E-state index < -0.39 is 0 Å². The van der Waals surface area contributed by atoms with Crippen LogP contribution in [0.25, 0.3) is 0 Å². The summed E-state index contributed by atoms with van der Waals surface area (Å²) >= 11 is 0. The fourth-order valence-electron chi connectivity index (χ4n) is 1.42. The molecule has 0 radical (unpaired) electrons. The molecule has 10 heteroatoms. The summed E-state index contributed by atoms with van der Waals surface area (Å²) in [5.41, 5.74) is 5.62. The van der Waals surface area contributed by atoms with Crippen molar-refractivity contribution in [2.75, 3.05) is 10.9 Å². The van der Waals surface area contributed by atoms with Crippen molar-refractivity contribution in [3.05, 3.63) is 45.5 Å². The van der Waals surface area contributed by atoms with E-state index in [4.69, 9.17) is 5.84 Å². The molecule has 0 aliphatic rings. The maximum absolute atomic E-state index is 10.9. The number of rotatable bonds is 5. The van der Waals surface area contributed by atoms with E-state index in [9.17, 15) is 9.59 Å². The van der Waals surface area contributed by atoms with Crippen molar-refractivity contribution >= 4 is 17.3 Å². The van der Waals surface area contributed by atoms with Gasteiger partial charge in [-0.1, -0.05) is 13.8 Å². The number of nitrogens with two attached hydrogens (primary N) is 1. The van der Waals surface area contributed by atoms with Crippen LogP contribution in [-0.2, 0) is 0 Å². The normalized spacial score (nSPS) is 9.35. The third-order valence-corrected chi connectivity index (χ3v) is 2.65. The Balaban J connectivity index is 0.000000253. The summed E-state index contributed by atoms with van der Waals surface area (Å²) in [5.74, 6) is 5.78. The number of aromatic amines is 2. The van der Waals surface area contributed by atoms with Gasteiger partial charge in [0.05, 0.1) is 12.7 Å². The Morgan fingerprint density at radius 2 is 1.61 bits per heavy atom. The van der Waals surface area contributed by atoms with Crippen LogP contribution < -0.4 is 27.8 Å². The number of anilines is 2. The average molecular weight is 320 g/mol. The van der Waals surface area contributed by atoms with Gasteiger partial charge in [0.2, 0.25) is 0 Å². The van der Waals surface area contributed by atoms with Crippen LogP contribution in [0.15, 0.2) is 39.5 Å². The van der Waals surface area contributed by atoms with Crippen molar-refractivity contribution in [2.24, 2.45) is 10.9 Å². The fourth-order valence-corrected chi connectivity index (χ4v) is 1.42. The second-order valence-corrected chi connectivity index (χ2v) is 4.23. The minimum absolute atomic E-state index is 0.188. The molecule has 0 bridgehead atoms.